The van der Waals surface area contributed by atoms with Crippen LogP contribution < -0.4 is 10.1 Å². The Kier molecular flexibility index (Phi) is 7.35. The van der Waals surface area contributed by atoms with Crippen molar-refractivity contribution in [2.24, 2.45) is 0 Å². The maximum atomic E-state index is 14.1. The zero-order chi connectivity index (χ0) is 25.1. The molecule has 0 radical (unpaired) electrons. The summed E-state index contributed by atoms with van der Waals surface area (Å²) in [6.07, 6.45) is 5.59. The Bertz CT molecular complexity index is 1210. The molecule has 2 aromatic heterocycles. The van der Waals surface area contributed by atoms with Crippen LogP contribution in [-0.4, -0.2) is 64.5 Å². The van der Waals surface area contributed by atoms with Crippen molar-refractivity contribution in [3.05, 3.63) is 70.6 Å². The fourth-order valence-electron chi connectivity index (χ4n) is 4.67. The molecule has 1 atom stereocenters. The lowest BCUT2D eigenvalue weighted by molar-refractivity contribution is 0.0667. The molecule has 1 aliphatic rings. The van der Waals surface area contributed by atoms with Crippen LogP contribution in [0.25, 0.3) is 0 Å². The number of rotatable bonds is 9. The summed E-state index contributed by atoms with van der Waals surface area (Å²) >= 11 is 0. The molecule has 0 spiro atoms. The molecule has 0 fully saturated rings. The molecule has 1 aliphatic heterocycles. The Hall–Kier alpha value is -3.46. The van der Waals surface area contributed by atoms with Gasteiger partial charge in [-0.25, -0.2) is 9.37 Å². The minimum atomic E-state index is -0.503. The second kappa shape index (κ2) is 10.4. The summed E-state index contributed by atoms with van der Waals surface area (Å²) in [4.78, 5) is 26.3. The third-order valence-electron chi connectivity index (χ3n) is 6.31. The van der Waals surface area contributed by atoms with Gasteiger partial charge in [0.05, 0.1) is 31.1 Å². The number of halogens is 1. The van der Waals surface area contributed by atoms with E-state index in [2.05, 4.69) is 26.3 Å². The van der Waals surface area contributed by atoms with Gasteiger partial charge in [-0.05, 0) is 57.1 Å². The molecule has 3 heterocycles. The molecular weight excluding hydrogens is 447 g/mol. The van der Waals surface area contributed by atoms with Gasteiger partial charge < -0.3 is 24.4 Å². The van der Waals surface area contributed by atoms with Crippen molar-refractivity contribution >= 4 is 11.9 Å². The van der Waals surface area contributed by atoms with E-state index in [4.69, 9.17) is 4.74 Å². The smallest absolute Gasteiger partial charge is 0.254 e. The third kappa shape index (κ3) is 5.14. The molecule has 0 saturated heterocycles. The van der Waals surface area contributed by atoms with E-state index in [0.29, 0.717) is 25.4 Å². The number of ether oxygens (including phenoxy) is 1. The van der Waals surface area contributed by atoms with E-state index in [-0.39, 0.29) is 17.7 Å². The van der Waals surface area contributed by atoms with Gasteiger partial charge in [0.15, 0.2) is 11.6 Å². The average Bonchev–Trinajstić information content (AvgIpc) is 3.27. The van der Waals surface area contributed by atoms with Gasteiger partial charge >= 0.3 is 0 Å². The second-order valence-electron chi connectivity index (χ2n) is 9.04. The summed E-state index contributed by atoms with van der Waals surface area (Å²) < 4.78 is 21.5. The molecule has 0 bridgehead atoms. The van der Waals surface area contributed by atoms with Gasteiger partial charge in [0.25, 0.3) is 5.91 Å². The quantitative estimate of drug-likeness (QED) is 0.503. The van der Waals surface area contributed by atoms with E-state index in [1.165, 1.54) is 0 Å². The molecule has 1 unspecified atom stereocenters. The number of hydrogen-bond donors (Lipinski definition) is 1. The molecule has 9 heteroatoms. The standard InChI is InChI=1S/C26H33FN6O2/c1-6-35-24-13-23(30-14-22(24)27)17(2)33-9-7-20-19(16-31(4)5)11-18(12-21(20)25(33)34)15-32-10-8-29-26(32)28-3/h8,10-14,17H,6-7,9,15-16H2,1-5H3,(H,28,29). The number of carbonyl (C=O) groups is 1. The van der Waals surface area contributed by atoms with Crippen LogP contribution >= 0.6 is 0 Å². The first-order chi connectivity index (χ1) is 16.8. The van der Waals surface area contributed by atoms with Crippen molar-refractivity contribution in [2.45, 2.75) is 39.4 Å². The van der Waals surface area contributed by atoms with Crippen LogP contribution in [0.4, 0.5) is 10.3 Å². The van der Waals surface area contributed by atoms with Crippen LogP contribution in [0, 0.1) is 5.82 Å². The summed E-state index contributed by atoms with van der Waals surface area (Å²) in [6, 6.07) is 5.47. The highest BCUT2D eigenvalue weighted by Crippen LogP contribution is 2.32. The highest BCUT2D eigenvalue weighted by Gasteiger charge is 2.31. The number of anilines is 1. The van der Waals surface area contributed by atoms with E-state index in [9.17, 15) is 9.18 Å². The summed E-state index contributed by atoms with van der Waals surface area (Å²) in [6.45, 7) is 6.01. The topological polar surface area (TPSA) is 75.5 Å². The molecule has 186 valence electrons. The molecule has 1 amide bonds. The summed E-state index contributed by atoms with van der Waals surface area (Å²) in [5.74, 6) is 0.386. The first-order valence-corrected chi connectivity index (χ1v) is 11.9. The predicted octanol–water partition coefficient (Wildman–Crippen LogP) is 3.73. The summed E-state index contributed by atoms with van der Waals surface area (Å²) in [5.41, 5.74) is 4.62. The van der Waals surface area contributed by atoms with Crippen LogP contribution in [0.5, 0.6) is 5.75 Å². The van der Waals surface area contributed by atoms with Gasteiger partial charge in [-0.2, -0.15) is 0 Å². The van der Waals surface area contributed by atoms with Gasteiger partial charge in [0.1, 0.15) is 0 Å². The Morgan fingerprint density at radius 2 is 2.06 bits per heavy atom. The molecule has 0 saturated carbocycles. The molecule has 4 rings (SSSR count). The zero-order valence-electron chi connectivity index (χ0n) is 21.0. The van der Waals surface area contributed by atoms with E-state index >= 15 is 0 Å². The van der Waals surface area contributed by atoms with Crippen molar-refractivity contribution in [3.8, 4) is 5.75 Å². The van der Waals surface area contributed by atoms with Crippen molar-refractivity contribution in [1.82, 2.24) is 24.3 Å². The van der Waals surface area contributed by atoms with Crippen LogP contribution in [-0.2, 0) is 19.5 Å². The summed E-state index contributed by atoms with van der Waals surface area (Å²) in [7, 11) is 5.90. The van der Waals surface area contributed by atoms with E-state index in [0.717, 1.165) is 47.4 Å². The molecule has 35 heavy (non-hydrogen) atoms. The molecule has 1 N–H and O–H groups in total. The van der Waals surface area contributed by atoms with E-state index < -0.39 is 5.82 Å². The maximum absolute atomic E-state index is 14.1. The maximum Gasteiger partial charge on any atom is 0.254 e. The Labute approximate surface area is 205 Å². The fourth-order valence-corrected chi connectivity index (χ4v) is 4.67. The highest BCUT2D eigenvalue weighted by atomic mass is 19.1. The molecule has 8 nitrogen and oxygen atoms in total. The number of benzene rings is 1. The number of imidazole rings is 1. The largest absolute Gasteiger partial charge is 0.491 e. The lowest BCUT2D eigenvalue weighted by Crippen LogP contribution is -2.40. The number of pyridine rings is 1. The average molecular weight is 481 g/mol. The van der Waals surface area contributed by atoms with E-state index in [1.807, 2.05) is 49.8 Å². The van der Waals surface area contributed by atoms with Gasteiger partial charge in [0, 0.05) is 44.2 Å². The first-order valence-electron chi connectivity index (χ1n) is 11.9. The number of carbonyl (C=O) groups excluding carboxylic acids is 1. The Morgan fingerprint density at radius 1 is 1.26 bits per heavy atom. The number of fused-ring (bicyclic) bond motifs is 1. The van der Waals surface area contributed by atoms with Crippen LogP contribution in [0.2, 0.25) is 0 Å². The monoisotopic (exact) mass is 480 g/mol. The number of hydrogen-bond acceptors (Lipinski definition) is 6. The SMILES string of the molecule is CCOc1cc(C(C)N2CCc3c(CN(C)C)cc(Cn4ccnc4NC)cc3C2=O)ncc1F. The van der Waals surface area contributed by atoms with Gasteiger partial charge in [-0.15, -0.1) is 0 Å². The molecule has 1 aromatic carbocycles. The van der Waals surface area contributed by atoms with Crippen molar-refractivity contribution in [1.29, 1.82) is 0 Å². The van der Waals surface area contributed by atoms with Gasteiger partial charge in [-0.1, -0.05) is 6.07 Å². The normalized spacial score (nSPS) is 14.3. The zero-order valence-corrected chi connectivity index (χ0v) is 21.0. The van der Waals surface area contributed by atoms with Crippen molar-refractivity contribution < 1.29 is 13.9 Å². The van der Waals surface area contributed by atoms with Crippen LogP contribution in [0.3, 0.4) is 0 Å². The fraction of sp³-hybridized carbons (Fsp3) is 0.423. The number of nitrogens with one attached hydrogen (secondary N) is 1. The van der Waals surface area contributed by atoms with Crippen molar-refractivity contribution in [3.63, 3.8) is 0 Å². The third-order valence-corrected chi connectivity index (χ3v) is 6.31. The van der Waals surface area contributed by atoms with Crippen LogP contribution in [0.15, 0.2) is 36.8 Å². The Morgan fingerprint density at radius 3 is 2.77 bits per heavy atom. The predicted molar refractivity (Wildman–Crippen MR) is 133 cm³/mol. The highest BCUT2D eigenvalue weighted by molar-refractivity contribution is 5.97. The van der Waals surface area contributed by atoms with E-state index in [1.54, 1.807) is 19.2 Å². The second-order valence-corrected chi connectivity index (χ2v) is 9.04. The minimum absolute atomic E-state index is 0.0378. The van der Waals surface area contributed by atoms with Crippen LogP contribution in [0.1, 0.15) is 52.6 Å². The first kappa shape index (κ1) is 24.7. The minimum Gasteiger partial charge on any atom is -0.491 e. The lowest BCUT2D eigenvalue weighted by Gasteiger charge is -2.35. The Balaban J connectivity index is 1.68. The van der Waals surface area contributed by atoms with Crippen molar-refractivity contribution in [2.75, 3.05) is 39.6 Å². The summed E-state index contributed by atoms with van der Waals surface area (Å²) in [5, 5.41) is 3.10. The molecular formula is C26H33FN6O2. The molecule has 3 aromatic rings. The number of nitrogens with zero attached hydrogens (tertiary/aromatic N) is 5. The number of aromatic nitrogens is 3. The van der Waals surface area contributed by atoms with Gasteiger partial charge in [0.2, 0.25) is 5.95 Å². The van der Waals surface area contributed by atoms with Gasteiger partial charge in [-0.3, -0.25) is 9.78 Å². The lowest BCUT2D eigenvalue weighted by atomic mass is 9.90. The molecule has 0 aliphatic carbocycles. The number of amides is 1.